The molecule has 0 fully saturated rings. The molecule has 0 aromatic heterocycles. The van der Waals surface area contributed by atoms with Crippen LogP contribution in [0.1, 0.15) is 18.4 Å². The minimum absolute atomic E-state index is 0.339. The first kappa shape index (κ1) is 16.6. The Bertz CT molecular complexity index is 533. The first-order valence-corrected chi connectivity index (χ1v) is 8.95. The molecule has 3 N–H and O–H groups in total. The van der Waals surface area contributed by atoms with E-state index < -0.39 is 0 Å². The van der Waals surface area contributed by atoms with Crippen molar-refractivity contribution in [2.45, 2.75) is 30.2 Å². The standard InChI is InChI=1S/C17H21BrN2S/c18-16-11-4-5-12-17(16)21-13-15(20-19)10-6-9-14-7-2-1-3-8-14/h1-5,7-8,11-12,15,20H,6,9-10,13,19H2. The Morgan fingerprint density at radius 3 is 2.48 bits per heavy atom. The van der Waals surface area contributed by atoms with E-state index in [0.29, 0.717) is 6.04 Å². The van der Waals surface area contributed by atoms with Crippen molar-refractivity contribution >= 4 is 27.7 Å². The van der Waals surface area contributed by atoms with Gasteiger partial charge < -0.3 is 0 Å². The average Bonchev–Trinajstić information content (AvgIpc) is 2.53. The van der Waals surface area contributed by atoms with Crippen LogP contribution in [0.2, 0.25) is 0 Å². The van der Waals surface area contributed by atoms with Crippen LogP contribution in [0.15, 0.2) is 64.0 Å². The summed E-state index contributed by atoms with van der Waals surface area (Å²) in [6, 6.07) is 19.2. The number of benzene rings is 2. The normalized spacial score (nSPS) is 12.3. The van der Waals surface area contributed by atoms with Crippen molar-refractivity contribution in [1.82, 2.24) is 5.43 Å². The minimum Gasteiger partial charge on any atom is -0.271 e. The van der Waals surface area contributed by atoms with Gasteiger partial charge in [0.2, 0.25) is 0 Å². The van der Waals surface area contributed by atoms with E-state index in [-0.39, 0.29) is 0 Å². The first-order valence-electron chi connectivity index (χ1n) is 7.17. The van der Waals surface area contributed by atoms with Gasteiger partial charge in [-0.05, 0) is 52.9 Å². The molecule has 112 valence electrons. The molecule has 0 amide bonds. The third-order valence-corrected chi connectivity index (χ3v) is 5.56. The van der Waals surface area contributed by atoms with Gasteiger partial charge >= 0.3 is 0 Å². The summed E-state index contributed by atoms with van der Waals surface area (Å²) < 4.78 is 1.15. The number of thioether (sulfide) groups is 1. The van der Waals surface area contributed by atoms with E-state index in [0.717, 1.165) is 29.5 Å². The molecule has 1 unspecified atom stereocenters. The summed E-state index contributed by atoms with van der Waals surface area (Å²) in [5, 5.41) is 0. The van der Waals surface area contributed by atoms with E-state index in [9.17, 15) is 0 Å². The third-order valence-electron chi connectivity index (χ3n) is 3.37. The number of hydrogen-bond donors (Lipinski definition) is 2. The van der Waals surface area contributed by atoms with Crippen molar-refractivity contribution in [3.8, 4) is 0 Å². The highest BCUT2D eigenvalue weighted by atomic mass is 79.9. The summed E-state index contributed by atoms with van der Waals surface area (Å²) >= 11 is 5.42. The Morgan fingerprint density at radius 1 is 1.05 bits per heavy atom. The highest BCUT2D eigenvalue weighted by Gasteiger charge is 2.08. The van der Waals surface area contributed by atoms with Crippen LogP contribution in [0.4, 0.5) is 0 Å². The van der Waals surface area contributed by atoms with Crippen LogP contribution < -0.4 is 11.3 Å². The average molecular weight is 365 g/mol. The number of nitrogens with one attached hydrogen (secondary N) is 1. The van der Waals surface area contributed by atoms with Crippen LogP contribution in [0.5, 0.6) is 0 Å². The quantitative estimate of drug-likeness (QED) is 0.414. The largest absolute Gasteiger partial charge is 0.271 e. The number of hydrogen-bond acceptors (Lipinski definition) is 3. The third kappa shape index (κ3) is 5.83. The van der Waals surface area contributed by atoms with E-state index in [2.05, 4.69) is 69.9 Å². The molecule has 0 radical (unpaired) electrons. The van der Waals surface area contributed by atoms with Gasteiger partial charge in [-0.15, -0.1) is 11.8 Å². The Labute approximate surface area is 139 Å². The fourth-order valence-corrected chi connectivity index (χ4v) is 3.82. The maximum absolute atomic E-state index is 5.68. The zero-order valence-electron chi connectivity index (χ0n) is 12.0. The molecule has 0 saturated heterocycles. The van der Waals surface area contributed by atoms with Crippen LogP contribution in [-0.4, -0.2) is 11.8 Å². The summed E-state index contributed by atoms with van der Waals surface area (Å²) in [5.74, 6) is 6.66. The molecule has 0 aliphatic heterocycles. The Morgan fingerprint density at radius 2 is 1.76 bits per heavy atom. The van der Waals surface area contributed by atoms with Crippen LogP contribution >= 0.6 is 27.7 Å². The van der Waals surface area contributed by atoms with Crippen LogP contribution in [-0.2, 0) is 6.42 Å². The summed E-state index contributed by atoms with van der Waals surface area (Å²) in [7, 11) is 0. The Kier molecular flexibility index (Phi) is 7.30. The highest BCUT2D eigenvalue weighted by molar-refractivity contribution is 9.10. The molecule has 2 aromatic rings. The Hall–Kier alpha value is -0.810. The van der Waals surface area contributed by atoms with Crippen molar-refractivity contribution in [3.05, 3.63) is 64.6 Å². The van der Waals surface area contributed by atoms with Crippen LogP contribution in [0, 0.1) is 0 Å². The second-order valence-electron chi connectivity index (χ2n) is 4.98. The SMILES string of the molecule is NNC(CCCc1ccccc1)CSc1ccccc1Br. The zero-order chi connectivity index (χ0) is 14.9. The lowest BCUT2D eigenvalue weighted by Crippen LogP contribution is -2.37. The van der Waals surface area contributed by atoms with Gasteiger partial charge in [-0.3, -0.25) is 11.3 Å². The molecule has 0 spiro atoms. The lowest BCUT2D eigenvalue weighted by atomic mass is 10.1. The second-order valence-corrected chi connectivity index (χ2v) is 6.90. The van der Waals surface area contributed by atoms with E-state index in [1.165, 1.54) is 10.5 Å². The molecule has 1 atom stereocenters. The summed E-state index contributed by atoms with van der Waals surface area (Å²) in [5.41, 5.74) is 4.34. The molecular formula is C17H21BrN2S. The fraction of sp³-hybridized carbons (Fsp3) is 0.294. The number of aryl methyl sites for hydroxylation is 1. The number of halogens is 1. The molecule has 21 heavy (non-hydrogen) atoms. The molecule has 2 aromatic carbocycles. The van der Waals surface area contributed by atoms with Gasteiger partial charge in [-0.1, -0.05) is 42.5 Å². The molecule has 2 rings (SSSR count). The van der Waals surface area contributed by atoms with Crippen LogP contribution in [0.25, 0.3) is 0 Å². The van der Waals surface area contributed by atoms with Gasteiger partial charge in [0.05, 0.1) is 0 Å². The van der Waals surface area contributed by atoms with Crippen molar-refractivity contribution in [2.24, 2.45) is 5.84 Å². The van der Waals surface area contributed by atoms with Gasteiger partial charge in [-0.2, -0.15) is 0 Å². The highest BCUT2D eigenvalue weighted by Crippen LogP contribution is 2.27. The van der Waals surface area contributed by atoms with E-state index >= 15 is 0 Å². The monoisotopic (exact) mass is 364 g/mol. The second kappa shape index (κ2) is 9.26. The van der Waals surface area contributed by atoms with Gasteiger partial charge in [0.15, 0.2) is 0 Å². The Balaban J connectivity index is 1.74. The van der Waals surface area contributed by atoms with Crippen LogP contribution in [0.3, 0.4) is 0 Å². The van der Waals surface area contributed by atoms with Gasteiger partial charge in [0.25, 0.3) is 0 Å². The lowest BCUT2D eigenvalue weighted by Gasteiger charge is -2.15. The minimum atomic E-state index is 0.339. The van der Waals surface area contributed by atoms with Gasteiger partial charge in [0.1, 0.15) is 0 Å². The van der Waals surface area contributed by atoms with E-state index in [1.54, 1.807) is 0 Å². The maximum atomic E-state index is 5.68. The van der Waals surface area contributed by atoms with Crippen molar-refractivity contribution in [2.75, 3.05) is 5.75 Å². The molecule has 0 aliphatic rings. The van der Waals surface area contributed by atoms with Gasteiger partial charge in [0, 0.05) is 21.2 Å². The molecular weight excluding hydrogens is 344 g/mol. The van der Waals surface area contributed by atoms with Gasteiger partial charge in [-0.25, -0.2) is 0 Å². The topological polar surface area (TPSA) is 38.0 Å². The molecule has 0 heterocycles. The summed E-state index contributed by atoms with van der Waals surface area (Å²) in [6.45, 7) is 0. The number of rotatable bonds is 8. The zero-order valence-corrected chi connectivity index (χ0v) is 14.4. The summed E-state index contributed by atoms with van der Waals surface area (Å²) in [6.07, 6.45) is 3.34. The van der Waals surface area contributed by atoms with Crippen molar-refractivity contribution in [3.63, 3.8) is 0 Å². The molecule has 0 saturated carbocycles. The molecule has 4 heteroatoms. The van der Waals surface area contributed by atoms with E-state index in [4.69, 9.17) is 5.84 Å². The fourth-order valence-electron chi connectivity index (χ4n) is 2.16. The predicted octanol–water partition coefficient (Wildman–Crippen LogP) is 4.40. The molecule has 0 aliphatic carbocycles. The summed E-state index contributed by atoms with van der Waals surface area (Å²) in [4.78, 5) is 1.26. The van der Waals surface area contributed by atoms with Crippen molar-refractivity contribution < 1.29 is 0 Å². The predicted molar refractivity (Wildman–Crippen MR) is 95.4 cm³/mol. The number of nitrogens with two attached hydrogens (primary N) is 1. The van der Waals surface area contributed by atoms with E-state index in [1.807, 2.05) is 17.8 Å². The smallest absolute Gasteiger partial charge is 0.0311 e. The molecule has 2 nitrogen and oxygen atoms in total. The lowest BCUT2D eigenvalue weighted by molar-refractivity contribution is 0.520. The van der Waals surface area contributed by atoms with Crippen molar-refractivity contribution in [1.29, 1.82) is 0 Å². The molecule has 0 bridgehead atoms. The number of hydrazine groups is 1. The first-order chi connectivity index (χ1) is 10.3. The maximum Gasteiger partial charge on any atom is 0.0311 e.